The van der Waals surface area contributed by atoms with Gasteiger partial charge in [0, 0.05) is 31.7 Å². The number of nitrogens with two attached hydrogens (primary N) is 1. The molecule has 0 spiro atoms. The molecule has 3 rings (SSSR count). The normalized spacial score (nSPS) is 24.1. The van der Waals surface area contributed by atoms with Gasteiger partial charge in [0.05, 0.1) is 12.7 Å². The number of anilines is 2. The number of hydrogen-bond acceptors (Lipinski definition) is 6. The summed E-state index contributed by atoms with van der Waals surface area (Å²) in [4.78, 5) is 10.9. The van der Waals surface area contributed by atoms with Crippen molar-refractivity contribution < 1.29 is 4.74 Å². The molecule has 6 heteroatoms. The van der Waals surface area contributed by atoms with Crippen molar-refractivity contribution in [1.29, 1.82) is 0 Å². The predicted octanol–water partition coefficient (Wildman–Crippen LogP) is 0.605. The first kappa shape index (κ1) is 12.6. The van der Waals surface area contributed by atoms with E-state index in [0.717, 1.165) is 24.7 Å². The molecule has 0 aromatic carbocycles. The third-order valence-electron chi connectivity index (χ3n) is 3.84. The second-order valence-electron chi connectivity index (χ2n) is 5.21. The van der Waals surface area contributed by atoms with Crippen molar-refractivity contribution in [1.82, 2.24) is 9.97 Å². The summed E-state index contributed by atoms with van der Waals surface area (Å²) in [5, 5.41) is 3.45. The third kappa shape index (κ3) is 2.96. The van der Waals surface area contributed by atoms with Gasteiger partial charge in [0.15, 0.2) is 0 Å². The Morgan fingerprint density at radius 2 is 2.32 bits per heavy atom. The molecule has 6 nitrogen and oxygen atoms in total. The van der Waals surface area contributed by atoms with Crippen molar-refractivity contribution in [2.75, 3.05) is 36.5 Å². The first-order valence-corrected chi connectivity index (χ1v) is 7.00. The lowest BCUT2D eigenvalue weighted by molar-refractivity contribution is 0.0463. The van der Waals surface area contributed by atoms with Crippen molar-refractivity contribution in [2.24, 2.45) is 5.73 Å². The lowest BCUT2D eigenvalue weighted by atomic mass is 9.93. The summed E-state index contributed by atoms with van der Waals surface area (Å²) >= 11 is 0. The minimum absolute atomic E-state index is 0.103. The Hall–Kier alpha value is -1.40. The summed E-state index contributed by atoms with van der Waals surface area (Å²) in [6, 6.07) is 2.61. The fraction of sp³-hybridized carbons (Fsp3) is 0.692. The topological polar surface area (TPSA) is 76.3 Å². The van der Waals surface area contributed by atoms with Gasteiger partial charge in [-0.3, -0.25) is 0 Å². The summed E-state index contributed by atoms with van der Waals surface area (Å²) < 4.78 is 5.57. The third-order valence-corrected chi connectivity index (χ3v) is 3.84. The zero-order chi connectivity index (χ0) is 13.1. The van der Waals surface area contributed by atoms with Gasteiger partial charge in [-0.2, -0.15) is 0 Å². The van der Waals surface area contributed by atoms with Gasteiger partial charge in [-0.25, -0.2) is 9.97 Å². The van der Waals surface area contributed by atoms with Crippen LogP contribution in [0.1, 0.15) is 19.3 Å². The van der Waals surface area contributed by atoms with E-state index in [0.29, 0.717) is 19.2 Å². The van der Waals surface area contributed by atoms with Gasteiger partial charge in [0.2, 0.25) is 0 Å². The van der Waals surface area contributed by atoms with E-state index in [-0.39, 0.29) is 6.10 Å². The second kappa shape index (κ2) is 5.71. The molecule has 1 aromatic heterocycles. The van der Waals surface area contributed by atoms with E-state index < -0.39 is 0 Å². The van der Waals surface area contributed by atoms with Crippen LogP contribution in [0.5, 0.6) is 0 Å². The Kier molecular flexibility index (Phi) is 3.79. The fourth-order valence-corrected chi connectivity index (χ4v) is 2.43. The molecule has 19 heavy (non-hydrogen) atoms. The quantitative estimate of drug-likeness (QED) is 0.828. The summed E-state index contributed by atoms with van der Waals surface area (Å²) in [6.07, 6.45) is 5.53. The van der Waals surface area contributed by atoms with E-state index in [4.69, 9.17) is 10.5 Å². The van der Waals surface area contributed by atoms with Crippen LogP contribution in [0.4, 0.5) is 11.6 Å². The summed E-state index contributed by atoms with van der Waals surface area (Å²) in [7, 11) is 0. The van der Waals surface area contributed by atoms with Crippen molar-refractivity contribution in [3.8, 4) is 0 Å². The molecule has 0 amide bonds. The maximum absolute atomic E-state index is 5.67. The van der Waals surface area contributed by atoms with Crippen LogP contribution in [0.15, 0.2) is 12.4 Å². The zero-order valence-electron chi connectivity index (χ0n) is 11.1. The number of nitrogens with one attached hydrogen (secondary N) is 1. The Labute approximate surface area is 113 Å². The number of aromatic nitrogens is 2. The Morgan fingerprint density at radius 3 is 3.05 bits per heavy atom. The van der Waals surface area contributed by atoms with E-state index in [1.54, 1.807) is 6.33 Å². The van der Waals surface area contributed by atoms with E-state index in [9.17, 15) is 0 Å². The van der Waals surface area contributed by atoms with Crippen LogP contribution in [-0.4, -0.2) is 48.4 Å². The molecule has 1 aliphatic heterocycles. The average molecular weight is 263 g/mol. The molecule has 1 aliphatic carbocycles. The number of hydrogen-bond donors (Lipinski definition) is 2. The highest BCUT2D eigenvalue weighted by Gasteiger charge is 2.21. The first-order chi connectivity index (χ1) is 9.35. The maximum Gasteiger partial charge on any atom is 0.134 e. The summed E-state index contributed by atoms with van der Waals surface area (Å²) in [6.45, 7) is 2.92. The van der Waals surface area contributed by atoms with Crippen LogP contribution in [0.3, 0.4) is 0 Å². The van der Waals surface area contributed by atoms with Gasteiger partial charge in [0.25, 0.3) is 0 Å². The van der Waals surface area contributed by atoms with Crippen molar-refractivity contribution in [3.05, 3.63) is 12.4 Å². The van der Waals surface area contributed by atoms with Gasteiger partial charge in [-0.1, -0.05) is 0 Å². The fourth-order valence-electron chi connectivity index (χ4n) is 2.43. The molecule has 104 valence electrons. The number of morpholine rings is 1. The largest absolute Gasteiger partial charge is 0.373 e. The highest BCUT2D eigenvalue weighted by molar-refractivity contribution is 5.49. The summed E-state index contributed by atoms with van der Waals surface area (Å²) in [5.41, 5.74) is 5.67. The number of ether oxygens (including phenoxy) is 1. The monoisotopic (exact) mass is 263 g/mol. The number of nitrogens with zero attached hydrogens (tertiary/aromatic N) is 3. The standard InChI is InChI=1S/C13H21N5O/c14-7-11-8-18(4-5-19-11)13-6-12(15-9-16-13)17-10-2-1-3-10/h6,9-11H,1-5,7-8,14H2,(H,15,16,17). The minimum Gasteiger partial charge on any atom is -0.373 e. The van der Waals surface area contributed by atoms with Gasteiger partial charge in [0.1, 0.15) is 18.0 Å². The van der Waals surface area contributed by atoms with Gasteiger partial charge >= 0.3 is 0 Å². The average Bonchev–Trinajstić information content (AvgIpc) is 2.43. The Balaban J connectivity index is 1.67. The smallest absolute Gasteiger partial charge is 0.134 e. The Morgan fingerprint density at radius 1 is 1.42 bits per heavy atom. The van der Waals surface area contributed by atoms with Gasteiger partial charge in [-0.15, -0.1) is 0 Å². The summed E-state index contributed by atoms with van der Waals surface area (Å²) in [5.74, 6) is 1.88. The van der Waals surface area contributed by atoms with Gasteiger partial charge in [-0.05, 0) is 19.3 Å². The minimum atomic E-state index is 0.103. The molecule has 1 saturated carbocycles. The molecular weight excluding hydrogens is 242 g/mol. The zero-order valence-corrected chi connectivity index (χ0v) is 11.1. The van der Waals surface area contributed by atoms with Crippen molar-refractivity contribution in [3.63, 3.8) is 0 Å². The lowest BCUT2D eigenvalue weighted by Crippen LogP contribution is -2.46. The van der Waals surface area contributed by atoms with E-state index in [1.165, 1.54) is 19.3 Å². The van der Waals surface area contributed by atoms with Crippen molar-refractivity contribution in [2.45, 2.75) is 31.4 Å². The molecule has 2 heterocycles. The molecule has 3 N–H and O–H groups in total. The first-order valence-electron chi connectivity index (χ1n) is 7.00. The van der Waals surface area contributed by atoms with Crippen LogP contribution in [0.2, 0.25) is 0 Å². The highest BCUT2D eigenvalue weighted by atomic mass is 16.5. The van der Waals surface area contributed by atoms with Gasteiger partial charge < -0.3 is 20.7 Å². The van der Waals surface area contributed by atoms with E-state index in [1.807, 2.05) is 6.07 Å². The molecule has 1 unspecified atom stereocenters. The second-order valence-corrected chi connectivity index (χ2v) is 5.21. The molecule has 1 atom stereocenters. The molecule has 1 aromatic rings. The van der Waals surface area contributed by atoms with E-state index >= 15 is 0 Å². The molecular formula is C13H21N5O. The maximum atomic E-state index is 5.67. The highest BCUT2D eigenvalue weighted by Crippen LogP contribution is 2.24. The van der Waals surface area contributed by atoms with Crippen LogP contribution in [0, 0.1) is 0 Å². The lowest BCUT2D eigenvalue weighted by Gasteiger charge is -2.33. The predicted molar refractivity (Wildman–Crippen MR) is 74.3 cm³/mol. The molecule has 0 bridgehead atoms. The molecule has 0 radical (unpaired) electrons. The van der Waals surface area contributed by atoms with Crippen LogP contribution < -0.4 is 16.0 Å². The van der Waals surface area contributed by atoms with Crippen LogP contribution >= 0.6 is 0 Å². The molecule has 2 fully saturated rings. The van der Waals surface area contributed by atoms with Crippen LogP contribution in [0.25, 0.3) is 0 Å². The number of rotatable bonds is 4. The molecule has 2 aliphatic rings. The SMILES string of the molecule is NCC1CN(c2cc(NC3CCC3)ncn2)CCO1. The van der Waals surface area contributed by atoms with E-state index in [2.05, 4.69) is 20.2 Å². The van der Waals surface area contributed by atoms with Crippen molar-refractivity contribution >= 4 is 11.6 Å². The van der Waals surface area contributed by atoms with Crippen LogP contribution in [-0.2, 0) is 4.74 Å². The molecule has 1 saturated heterocycles. The Bertz CT molecular complexity index is 423.